The summed E-state index contributed by atoms with van der Waals surface area (Å²) in [5.74, 6) is 5.99. The number of hydrogen-bond donors (Lipinski definition) is 2. The number of benzene rings is 1. The summed E-state index contributed by atoms with van der Waals surface area (Å²) in [6.45, 7) is 0. The Balaban J connectivity index is 2.06. The van der Waals surface area contributed by atoms with Gasteiger partial charge in [-0.2, -0.15) is 5.10 Å². The van der Waals surface area contributed by atoms with Crippen LogP contribution in [0, 0.1) is 5.82 Å². The molecule has 0 saturated heterocycles. The minimum Gasteiger partial charge on any atom is -0.271 e. The first kappa shape index (κ1) is 14.3. The van der Waals surface area contributed by atoms with Crippen molar-refractivity contribution in [3.05, 3.63) is 47.0 Å². The van der Waals surface area contributed by atoms with E-state index in [1.54, 1.807) is 34.8 Å². The van der Waals surface area contributed by atoms with E-state index in [2.05, 4.69) is 10.5 Å². The lowest BCUT2D eigenvalue weighted by Gasteiger charge is -2.16. The third-order valence-corrected chi connectivity index (χ3v) is 4.10. The molecule has 1 aromatic heterocycles. The Hall–Kier alpha value is -1.08. The summed E-state index contributed by atoms with van der Waals surface area (Å²) in [5.41, 5.74) is 3.56. The number of rotatable bonds is 5. The van der Waals surface area contributed by atoms with E-state index in [0.29, 0.717) is 10.8 Å². The van der Waals surface area contributed by atoms with Crippen LogP contribution >= 0.6 is 23.4 Å². The molecule has 0 fully saturated rings. The van der Waals surface area contributed by atoms with Crippen LogP contribution in [0.4, 0.5) is 4.39 Å². The average molecular weight is 301 g/mol. The molecule has 0 bridgehead atoms. The molecular formula is C12H14ClFN4S. The number of nitrogens with two attached hydrogens (primary N) is 1. The molecule has 1 heterocycles. The third kappa shape index (κ3) is 3.48. The Morgan fingerprint density at radius 2 is 2.16 bits per heavy atom. The highest BCUT2D eigenvalue weighted by Gasteiger charge is 2.18. The van der Waals surface area contributed by atoms with Crippen molar-refractivity contribution in [3.63, 3.8) is 0 Å². The van der Waals surface area contributed by atoms with Crippen LogP contribution in [0.25, 0.3) is 0 Å². The Labute approximate surface area is 120 Å². The molecule has 1 atom stereocenters. The SMILES string of the molecule is Cn1ncc(Cl)c1C(CSc1ccc(F)cc1)NN. The predicted molar refractivity (Wildman–Crippen MR) is 75.4 cm³/mol. The topological polar surface area (TPSA) is 55.9 Å². The summed E-state index contributed by atoms with van der Waals surface area (Å²) in [6.07, 6.45) is 1.59. The van der Waals surface area contributed by atoms with Crippen LogP contribution < -0.4 is 11.3 Å². The van der Waals surface area contributed by atoms with Crippen LogP contribution in [-0.2, 0) is 7.05 Å². The summed E-state index contributed by atoms with van der Waals surface area (Å²) >= 11 is 7.65. The molecular weight excluding hydrogens is 287 g/mol. The van der Waals surface area contributed by atoms with Gasteiger partial charge in [-0.3, -0.25) is 16.0 Å². The van der Waals surface area contributed by atoms with Gasteiger partial charge >= 0.3 is 0 Å². The van der Waals surface area contributed by atoms with E-state index in [1.165, 1.54) is 12.1 Å². The van der Waals surface area contributed by atoms with Gasteiger partial charge in [0, 0.05) is 17.7 Å². The quantitative estimate of drug-likeness (QED) is 0.506. The highest BCUT2D eigenvalue weighted by atomic mass is 35.5. The fraction of sp³-hybridized carbons (Fsp3) is 0.250. The lowest BCUT2D eigenvalue weighted by molar-refractivity contribution is 0.554. The number of aryl methyl sites for hydroxylation is 1. The van der Waals surface area contributed by atoms with Crippen molar-refractivity contribution in [2.24, 2.45) is 12.9 Å². The lowest BCUT2D eigenvalue weighted by Crippen LogP contribution is -2.31. The van der Waals surface area contributed by atoms with Gasteiger partial charge in [-0.05, 0) is 24.3 Å². The van der Waals surface area contributed by atoms with Crippen LogP contribution in [0.5, 0.6) is 0 Å². The number of nitrogens with zero attached hydrogens (tertiary/aromatic N) is 2. The summed E-state index contributed by atoms with van der Waals surface area (Å²) in [7, 11) is 1.81. The molecule has 2 aromatic rings. The number of hydrazine groups is 1. The number of aromatic nitrogens is 2. The molecule has 0 amide bonds. The number of thioether (sulfide) groups is 1. The second kappa shape index (κ2) is 6.38. The zero-order valence-electron chi connectivity index (χ0n) is 10.3. The van der Waals surface area contributed by atoms with E-state index in [9.17, 15) is 4.39 Å². The van der Waals surface area contributed by atoms with Gasteiger partial charge in [0.05, 0.1) is 23.0 Å². The van der Waals surface area contributed by atoms with Crippen molar-refractivity contribution in [2.45, 2.75) is 10.9 Å². The Morgan fingerprint density at radius 1 is 1.47 bits per heavy atom. The van der Waals surface area contributed by atoms with Crippen molar-refractivity contribution in [2.75, 3.05) is 5.75 Å². The first-order chi connectivity index (χ1) is 9.11. The highest BCUT2D eigenvalue weighted by molar-refractivity contribution is 7.99. The van der Waals surface area contributed by atoms with E-state index < -0.39 is 0 Å². The zero-order valence-corrected chi connectivity index (χ0v) is 11.9. The Morgan fingerprint density at radius 3 is 2.68 bits per heavy atom. The van der Waals surface area contributed by atoms with Crippen molar-refractivity contribution in [3.8, 4) is 0 Å². The van der Waals surface area contributed by atoms with Crippen molar-refractivity contribution >= 4 is 23.4 Å². The summed E-state index contributed by atoms with van der Waals surface area (Å²) in [6, 6.07) is 6.21. The minimum absolute atomic E-state index is 0.130. The van der Waals surface area contributed by atoms with Gasteiger partial charge in [0.1, 0.15) is 5.82 Å². The first-order valence-corrected chi connectivity index (χ1v) is 7.00. The normalized spacial score (nSPS) is 12.6. The van der Waals surface area contributed by atoms with Gasteiger partial charge in [-0.1, -0.05) is 11.6 Å². The van der Waals surface area contributed by atoms with Gasteiger partial charge in [0.25, 0.3) is 0 Å². The van der Waals surface area contributed by atoms with Crippen LogP contribution in [0.2, 0.25) is 5.02 Å². The maximum absolute atomic E-state index is 12.8. The number of halogens is 2. The Kier molecular flexibility index (Phi) is 4.81. The second-order valence-electron chi connectivity index (χ2n) is 3.99. The number of hydrogen-bond acceptors (Lipinski definition) is 4. The molecule has 0 radical (unpaired) electrons. The molecule has 1 aromatic carbocycles. The average Bonchev–Trinajstić information content (AvgIpc) is 2.73. The van der Waals surface area contributed by atoms with Crippen molar-refractivity contribution in [1.82, 2.24) is 15.2 Å². The van der Waals surface area contributed by atoms with Gasteiger partial charge in [0.15, 0.2) is 0 Å². The van der Waals surface area contributed by atoms with E-state index in [-0.39, 0.29) is 11.9 Å². The van der Waals surface area contributed by atoms with Crippen LogP contribution in [-0.4, -0.2) is 15.5 Å². The maximum atomic E-state index is 12.8. The molecule has 0 aliphatic carbocycles. The second-order valence-corrected chi connectivity index (χ2v) is 5.49. The molecule has 2 rings (SSSR count). The molecule has 0 aliphatic heterocycles. The fourth-order valence-corrected chi connectivity index (χ4v) is 2.97. The summed E-state index contributed by atoms with van der Waals surface area (Å²) in [4.78, 5) is 0.972. The maximum Gasteiger partial charge on any atom is 0.123 e. The molecule has 0 saturated carbocycles. The lowest BCUT2D eigenvalue weighted by atomic mass is 10.2. The third-order valence-electron chi connectivity index (χ3n) is 2.70. The minimum atomic E-state index is -0.243. The molecule has 0 spiro atoms. The summed E-state index contributed by atoms with van der Waals surface area (Å²) < 4.78 is 14.5. The molecule has 0 aliphatic rings. The Bertz CT molecular complexity index is 524. The smallest absolute Gasteiger partial charge is 0.123 e. The molecule has 7 heteroatoms. The zero-order chi connectivity index (χ0) is 13.8. The van der Waals surface area contributed by atoms with Crippen LogP contribution in [0.15, 0.2) is 35.4 Å². The standard InChI is InChI=1S/C12H14ClFN4S/c1-18-12(10(13)6-16-18)11(17-15)7-19-9-4-2-8(14)3-5-9/h2-6,11,17H,7,15H2,1H3. The first-order valence-electron chi connectivity index (χ1n) is 5.63. The van der Waals surface area contributed by atoms with Crippen LogP contribution in [0.1, 0.15) is 11.7 Å². The van der Waals surface area contributed by atoms with Crippen molar-refractivity contribution < 1.29 is 4.39 Å². The number of nitrogens with one attached hydrogen (secondary N) is 1. The van der Waals surface area contributed by atoms with Gasteiger partial charge in [0.2, 0.25) is 0 Å². The van der Waals surface area contributed by atoms with Gasteiger partial charge in [-0.25, -0.2) is 4.39 Å². The molecule has 1 unspecified atom stereocenters. The van der Waals surface area contributed by atoms with Crippen LogP contribution in [0.3, 0.4) is 0 Å². The van der Waals surface area contributed by atoms with E-state index in [1.807, 2.05) is 7.05 Å². The molecule has 3 N–H and O–H groups in total. The van der Waals surface area contributed by atoms with E-state index >= 15 is 0 Å². The predicted octanol–water partition coefficient (Wildman–Crippen LogP) is 2.51. The fourth-order valence-electron chi connectivity index (χ4n) is 1.73. The van der Waals surface area contributed by atoms with Crippen molar-refractivity contribution in [1.29, 1.82) is 0 Å². The largest absolute Gasteiger partial charge is 0.271 e. The molecule has 4 nitrogen and oxygen atoms in total. The van der Waals surface area contributed by atoms with Gasteiger partial charge in [-0.15, -0.1) is 11.8 Å². The molecule has 19 heavy (non-hydrogen) atoms. The van der Waals surface area contributed by atoms with E-state index in [0.717, 1.165) is 10.6 Å². The van der Waals surface area contributed by atoms with Gasteiger partial charge < -0.3 is 0 Å². The molecule has 102 valence electrons. The monoisotopic (exact) mass is 300 g/mol. The summed E-state index contributed by atoms with van der Waals surface area (Å²) in [5, 5.41) is 4.66. The highest BCUT2D eigenvalue weighted by Crippen LogP contribution is 2.28. The van der Waals surface area contributed by atoms with E-state index in [4.69, 9.17) is 17.4 Å².